The van der Waals surface area contributed by atoms with Crippen molar-refractivity contribution in [3.8, 4) is 0 Å². The van der Waals surface area contributed by atoms with Gasteiger partial charge in [0.1, 0.15) is 5.52 Å². The number of hydrogen-bond acceptors (Lipinski definition) is 3. The standard InChI is InChI=1S/C14H22N4/c1-10(14(3,4)5)9-16-13-12-8-11(2)17-18(12)7-6-15-13/h6-8,10H,9H2,1-5H3,(H,15,16). The maximum atomic E-state index is 4.40. The summed E-state index contributed by atoms with van der Waals surface area (Å²) in [7, 11) is 0. The Morgan fingerprint density at radius 3 is 2.78 bits per heavy atom. The fourth-order valence-electron chi connectivity index (χ4n) is 1.74. The van der Waals surface area contributed by atoms with Gasteiger partial charge in [-0.15, -0.1) is 0 Å². The molecule has 0 radical (unpaired) electrons. The van der Waals surface area contributed by atoms with Gasteiger partial charge in [0.15, 0.2) is 5.82 Å². The van der Waals surface area contributed by atoms with Crippen molar-refractivity contribution in [2.24, 2.45) is 11.3 Å². The highest BCUT2D eigenvalue weighted by Crippen LogP contribution is 2.25. The van der Waals surface area contributed by atoms with E-state index in [9.17, 15) is 0 Å². The van der Waals surface area contributed by atoms with Crippen molar-refractivity contribution in [3.05, 3.63) is 24.2 Å². The van der Waals surface area contributed by atoms with Crippen LogP contribution in [0.1, 0.15) is 33.4 Å². The number of fused-ring (bicyclic) bond motifs is 1. The number of aromatic nitrogens is 3. The second-order valence-electron chi connectivity index (χ2n) is 6.04. The van der Waals surface area contributed by atoms with Crippen LogP contribution < -0.4 is 5.32 Å². The van der Waals surface area contributed by atoms with Gasteiger partial charge in [-0.3, -0.25) is 0 Å². The first kappa shape index (κ1) is 12.9. The molecule has 0 saturated carbocycles. The summed E-state index contributed by atoms with van der Waals surface area (Å²) in [6.45, 7) is 12.0. The number of hydrogen-bond donors (Lipinski definition) is 1. The van der Waals surface area contributed by atoms with Gasteiger partial charge in [-0.1, -0.05) is 27.7 Å². The molecule has 2 heterocycles. The summed E-state index contributed by atoms with van der Waals surface area (Å²) in [5, 5.41) is 7.82. The number of rotatable bonds is 3. The van der Waals surface area contributed by atoms with Crippen molar-refractivity contribution in [2.45, 2.75) is 34.6 Å². The Morgan fingerprint density at radius 1 is 1.39 bits per heavy atom. The van der Waals surface area contributed by atoms with Gasteiger partial charge in [-0.25, -0.2) is 9.50 Å². The van der Waals surface area contributed by atoms with Crippen molar-refractivity contribution < 1.29 is 0 Å². The van der Waals surface area contributed by atoms with E-state index in [-0.39, 0.29) is 0 Å². The summed E-state index contributed by atoms with van der Waals surface area (Å²) < 4.78 is 1.87. The van der Waals surface area contributed by atoms with Crippen LogP contribution in [0.5, 0.6) is 0 Å². The first-order chi connectivity index (χ1) is 8.38. The third kappa shape index (κ3) is 2.63. The van der Waals surface area contributed by atoms with Crippen molar-refractivity contribution in [1.82, 2.24) is 14.6 Å². The van der Waals surface area contributed by atoms with E-state index in [1.54, 1.807) is 6.20 Å². The smallest absolute Gasteiger partial charge is 0.152 e. The van der Waals surface area contributed by atoms with Crippen molar-refractivity contribution >= 4 is 11.3 Å². The first-order valence-corrected chi connectivity index (χ1v) is 6.43. The molecule has 1 atom stereocenters. The van der Waals surface area contributed by atoms with Crippen LogP contribution in [0.15, 0.2) is 18.5 Å². The van der Waals surface area contributed by atoms with Gasteiger partial charge in [0.2, 0.25) is 0 Å². The number of nitrogens with zero attached hydrogens (tertiary/aromatic N) is 3. The van der Waals surface area contributed by atoms with Crippen LogP contribution in [0.4, 0.5) is 5.82 Å². The van der Waals surface area contributed by atoms with Crippen molar-refractivity contribution in [2.75, 3.05) is 11.9 Å². The van der Waals surface area contributed by atoms with Crippen molar-refractivity contribution in [1.29, 1.82) is 0 Å². The van der Waals surface area contributed by atoms with Gasteiger partial charge in [0.05, 0.1) is 5.69 Å². The number of nitrogens with one attached hydrogen (secondary N) is 1. The predicted octanol–water partition coefficient (Wildman–Crippen LogP) is 3.13. The topological polar surface area (TPSA) is 42.2 Å². The Balaban J connectivity index is 2.17. The summed E-state index contributed by atoms with van der Waals surface area (Å²) in [5.74, 6) is 1.48. The Morgan fingerprint density at radius 2 is 2.11 bits per heavy atom. The minimum atomic E-state index is 0.300. The molecular formula is C14H22N4. The average molecular weight is 246 g/mol. The molecule has 98 valence electrons. The quantitative estimate of drug-likeness (QED) is 0.904. The van der Waals surface area contributed by atoms with Gasteiger partial charge >= 0.3 is 0 Å². The molecule has 0 aliphatic carbocycles. The zero-order chi connectivity index (χ0) is 13.3. The SMILES string of the molecule is Cc1cc2c(NCC(C)C(C)(C)C)nccn2n1. The molecule has 0 spiro atoms. The Kier molecular flexibility index (Phi) is 3.28. The summed E-state index contributed by atoms with van der Waals surface area (Å²) in [6, 6.07) is 2.05. The van der Waals surface area contributed by atoms with Crippen LogP contribution in [-0.4, -0.2) is 21.1 Å². The molecule has 0 bridgehead atoms. The maximum absolute atomic E-state index is 4.40. The largest absolute Gasteiger partial charge is 0.368 e. The Labute approximate surface area is 108 Å². The summed E-state index contributed by atoms with van der Waals surface area (Å²) in [6.07, 6.45) is 3.66. The van der Waals surface area contributed by atoms with Crippen LogP contribution in [0, 0.1) is 18.3 Å². The van der Waals surface area contributed by atoms with Crippen LogP contribution in [0.2, 0.25) is 0 Å². The minimum Gasteiger partial charge on any atom is -0.368 e. The highest BCUT2D eigenvalue weighted by molar-refractivity contribution is 5.67. The number of anilines is 1. The second kappa shape index (κ2) is 4.59. The molecule has 1 unspecified atom stereocenters. The van der Waals surface area contributed by atoms with E-state index in [2.05, 4.69) is 49.2 Å². The summed E-state index contributed by atoms with van der Waals surface area (Å²) in [4.78, 5) is 4.40. The third-order valence-electron chi connectivity index (χ3n) is 3.57. The highest BCUT2D eigenvalue weighted by atomic mass is 15.2. The molecule has 0 aliphatic heterocycles. The normalized spacial score (nSPS) is 13.8. The molecular weight excluding hydrogens is 224 g/mol. The monoisotopic (exact) mass is 246 g/mol. The molecule has 2 aromatic heterocycles. The predicted molar refractivity (Wildman–Crippen MR) is 74.8 cm³/mol. The molecule has 0 aromatic carbocycles. The Bertz CT molecular complexity index is 536. The molecule has 0 aliphatic rings. The van der Waals surface area contributed by atoms with Gasteiger partial charge in [-0.05, 0) is 24.3 Å². The van der Waals surface area contributed by atoms with E-state index in [1.165, 1.54) is 0 Å². The number of aryl methyl sites for hydroxylation is 1. The van der Waals surface area contributed by atoms with E-state index >= 15 is 0 Å². The molecule has 4 heteroatoms. The third-order valence-corrected chi connectivity index (χ3v) is 3.57. The highest BCUT2D eigenvalue weighted by Gasteiger charge is 2.20. The second-order valence-corrected chi connectivity index (χ2v) is 6.04. The lowest BCUT2D eigenvalue weighted by atomic mass is 9.82. The van der Waals surface area contributed by atoms with E-state index in [0.717, 1.165) is 23.6 Å². The van der Waals surface area contributed by atoms with Gasteiger partial charge < -0.3 is 5.32 Å². The summed E-state index contributed by atoms with van der Waals surface area (Å²) >= 11 is 0. The molecule has 4 nitrogen and oxygen atoms in total. The lowest BCUT2D eigenvalue weighted by Crippen LogP contribution is -2.25. The Hall–Kier alpha value is -1.58. The molecule has 2 aromatic rings. The molecule has 2 rings (SSSR count). The first-order valence-electron chi connectivity index (χ1n) is 6.43. The zero-order valence-corrected chi connectivity index (χ0v) is 11.9. The molecule has 0 fully saturated rings. The van der Waals surface area contributed by atoms with E-state index in [0.29, 0.717) is 11.3 Å². The van der Waals surface area contributed by atoms with Gasteiger partial charge in [-0.2, -0.15) is 5.10 Å². The zero-order valence-electron chi connectivity index (χ0n) is 11.9. The lowest BCUT2D eigenvalue weighted by Gasteiger charge is -2.27. The van der Waals surface area contributed by atoms with Gasteiger partial charge in [0, 0.05) is 18.9 Å². The fraction of sp³-hybridized carbons (Fsp3) is 0.571. The van der Waals surface area contributed by atoms with Crippen LogP contribution in [0.25, 0.3) is 5.52 Å². The minimum absolute atomic E-state index is 0.300. The summed E-state index contributed by atoms with van der Waals surface area (Å²) in [5.41, 5.74) is 2.35. The van der Waals surface area contributed by atoms with E-state index in [4.69, 9.17) is 0 Å². The molecule has 18 heavy (non-hydrogen) atoms. The maximum Gasteiger partial charge on any atom is 0.152 e. The van der Waals surface area contributed by atoms with E-state index in [1.807, 2.05) is 17.6 Å². The average Bonchev–Trinajstić information content (AvgIpc) is 2.65. The van der Waals surface area contributed by atoms with Crippen LogP contribution in [0.3, 0.4) is 0 Å². The van der Waals surface area contributed by atoms with Crippen LogP contribution >= 0.6 is 0 Å². The molecule has 0 amide bonds. The van der Waals surface area contributed by atoms with Crippen molar-refractivity contribution in [3.63, 3.8) is 0 Å². The van der Waals surface area contributed by atoms with Crippen LogP contribution in [-0.2, 0) is 0 Å². The lowest BCUT2D eigenvalue weighted by molar-refractivity contribution is 0.274. The molecule has 0 saturated heterocycles. The van der Waals surface area contributed by atoms with E-state index < -0.39 is 0 Å². The molecule has 1 N–H and O–H groups in total. The van der Waals surface area contributed by atoms with Gasteiger partial charge in [0.25, 0.3) is 0 Å². The fourth-order valence-corrected chi connectivity index (χ4v) is 1.74.